The van der Waals surface area contributed by atoms with E-state index in [4.69, 9.17) is 5.73 Å². The van der Waals surface area contributed by atoms with Gasteiger partial charge in [0, 0.05) is 25.0 Å². The number of nitrogens with two attached hydrogens (primary N) is 1. The molecule has 1 saturated heterocycles. The van der Waals surface area contributed by atoms with Crippen LogP contribution < -0.4 is 11.1 Å². The van der Waals surface area contributed by atoms with Gasteiger partial charge in [-0.25, -0.2) is 9.97 Å². The van der Waals surface area contributed by atoms with Crippen LogP contribution in [0.3, 0.4) is 0 Å². The first-order valence-corrected chi connectivity index (χ1v) is 6.31. The second kappa shape index (κ2) is 5.77. The van der Waals surface area contributed by atoms with E-state index in [-0.39, 0.29) is 17.4 Å². The molecule has 6 nitrogen and oxygen atoms in total. The van der Waals surface area contributed by atoms with Crippen LogP contribution in [0.1, 0.15) is 30.3 Å². The SMILES string of the molecule is CCN1CCC[C@H]1CNC(=O)c1nccnc1N. The normalized spacial score (nSPS) is 19.9. The van der Waals surface area contributed by atoms with Gasteiger partial charge in [0.25, 0.3) is 5.91 Å². The number of amides is 1. The van der Waals surface area contributed by atoms with Crippen molar-refractivity contribution in [2.24, 2.45) is 0 Å². The Bertz CT molecular complexity index is 423. The molecule has 2 rings (SSSR count). The Labute approximate surface area is 107 Å². The van der Waals surface area contributed by atoms with Crippen LogP contribution in [0.25, 0.3) is 0 Å². The second-order valence-corrected chi connectivity index (χ2v) is 4.42. The number of likely N-dealkylation sites (tertiary alicyclic amines) is 1. The van der Waals surface area contributed by atoms with Crippen LogP contribution >= 0.6 is 0 Å². The average Bonchev–Trinajstić information content (AvgIpc) is 2.84. The van der Waals surface area contributed by atoms with Crippen LogP contribution in [0.5, 0.6) is 0 Å². The monoisotopic (exact) mass is 249 g/mol. The standard InChI is InChI=1S/C12H19N5O/c1-2-17-7-3-4-9(17)8-16-12(18)10-11(13)15-6-5-14-10/h5-6,9H,2-4,7-8H2,1H3,(H2,13,15)(H,16,18)/t9-/m0/s1. The molecule has 1 aliphatic rings. The average molecular weight is 249 g/mol. The maximum atomic E-state index is 11.9. The molecule has 0 radical (unpaired) electrons. The van der Waals surface area contributed by atoms with E-state index < -0.39 is 0 Å². The smallest absolute Gasteiger partial charge is 0.273 e. The number of nitrogens with one attached hydrogen (secondary N) is 1. The van der Waals surface area contributed by atoms with Gasteiger partial charge in [-0.2, -0.15) is 0 Å². The molecule has 0 saturated carbocycles. The maximum Gasteiger partial charge on any atom is 0.273 e. The molecule has 1 atom stereocenters. The molecule has 6 heteroatoms. The molecule has 0 aromatic carbocycles. The highest BCUT2D eigenvalue weighted by molar-refractivity contribution is 5.96. The van der Waals surface area contributed by atoms with Crippen LogP contribution in [0.4, 0.5) is 5.82 Å². The summed E-state index contributed by atoms with van der Waals surface area (Å²) in [6, 6.07) is 0.428. The fourth-order valence-electron chi connectivity index (χ4n) is 2.36. The molecular weight excluding hydrogens is 230 g/mol. The number of carbonyl (C=O) groups excluding carboxylic acids is 1. The number of aromatic nitrogens is 2. The zero-order chi connectivity index (χ0) is 13.0. The lowest BCUT2D eigenvalue weighted by Gasteiger charge is -2.22. The largest absolute Gasteiger partial charge is 0.382 e. The molecule has 1 fully saturated rings. The predicted octanol–water partition coefficient (Wildman–Crippen LogP) is 0.273. The summed E-state index contributed by atoms with van der Waals surface area (Å²) in [5, 5.41) is 2.88. The van der Waals surface area contributed by atoms with E-state index in [2.05, 4.69) is 27.1 Å². The van der Waals surface area contributed by atoms with E-state index in [0.29, 0.717) is 12.6 Å². The molecule has 2 heterocycles. The van der Waals surface area contributed by atoms with Gasteiger partial charge in [0.15, 0.2) is 11.5 Å². The predicted molar refractivity (Wildman–Crippen MR) is 69.0 cm³/mol. The molecule has 1 aromatic heterocycles. The van der Waals surface area contributed by atoms with E-state index in [1.807, 2.05) is 0 Å². The molecule has 0 spiro atoms. The minimum atomic E-state index is -0.247. The summed E-state index contributed by atoms with van der Waals surface area (Å²) < 4.78 is 0. The van der Waals surface area contributed by atoms with Gasteiger partial charge >= 0.3 is 0 Å². The van der Waals surface area contributed by atoms with Gasteiger partial charge in [0.05, 0.1) is 0 Å². The molecule has 3 N–H and O–H groups in total. The number of likely N-dealkylation sites (N-methyl/N-ethyl adjacent to an activating group) is 1. The first kappa shape index (κ1) is 12.8. The lowest BCUT2D eigenvalue weighted by atomic mass is 10.2. The zero-order valence-corrected chi connectivity index (χ0v) is 10.6. The van der Waals surface area contributed by atoms with Crippen molar-refractivity contribution in [2.45, 2.75) is 25.8 Å². The van der Waals surface area contributed by atoms with E-state index in [0.717, 1.165) is 19.5 Å². The van der Waals surface area contributed by atoms with Crippen molar-refractivity contribution < 1.29 is 4.79 Å². The van der Waals surface area contributed by atoms with Crippen LogP contribution in [-0.4, -0.2) is 46.5 Å². The van der Waals surface area contributed by atoms with Gasteiger partial charge in [-0.15, -0.1) is 0 Å². The minimum Gasteiger partial charge on any atom is -0.382 e. The molecule has 0 bridgehead atoms. The van der Waals surface area contributed by atoms with E-state index in [1.54, 1.807) is 0 Å². The summed E-state index contributed by atoms with van der Waals surface area (Å²) >= 11 is 0. The van der Waals surface area contributed by atoms with Crippen molar-refractivity contribution in [3.05, 3.63) is 18.1 Å². The quantitative estimate of drug-likeness (QED) is 0.800. The number of hydrogen-bond acceptors (Lipinski definition) is 5. The van der Waals surface area contributed by atoms with Gasteiger partial charge in [0.2, 0.25) is 0 Å². The van der Waals surface area contributed by atoms with Crippen molar-refractivity contribution in [3.63, 3.8) is 0 Å². The maximum absolute atomic E-state index is 11.9. The van der Waals surface area contributed by atoms with Gasteiger partial charge in [-0.1, -0.05) is 6.92 Å². The van der Waals surface area contributed by atoms with Crippen molar-refractivity contribution in [3.8, 4) is 0 Å². The van der Waals surface area contributed by atoms with E-state index in [9.17, 15) is 4.79 Å². The second-order valence-electron chi connectivity index (χ2n) is 4.42. The summed E-state index contributed by atoms with van der Waals surface area (Å²) in [5.41, 5.74) is 5.82. The van der Waals surface area contributed by atoms with Crippen LogP contribution in [0.15, 0.2) is 12.4 Å². The Morgan fingerprint density at radius 3 is 3.06 bits per heavy atom. The first-order chi connectivity index (χ1) is 8.72. The zero-order valence-electron chi connectivity index (χ0n) is 10.6. The number of nitrogens with zero attached hydrogens (tertiary/aromatic N) is 3. The third-order valence-electron chi connectivity index (χ3n) is 3.35. The highest BCUT2D eigenvalue weighted by Crippen LogP contribution is 2.15. The number of anilines is 1. The van der Waals surface area contributed by atoms with Crippen LogP contribution in [0, 0.1) is 0 Å². The molecule has 1 amide bonds. The van der Waals surface area contributed by atoms with Crippen molar-refractivity contribution in [1.29, 1.82) is 0 Å². The van der Waals surface area contributed by atoms with E-state index >= 15 is 0 Å². The van der Waals surface area contributed by atoms with Gasteiger partial charge in [-0.05, 0) is 25.9 Å². The molecule has 18 heavy (non-hydrogen) atoms. The lowest BCUT2D eigenvalue weighted by Crippen LogP contribution is -2.40. The van der Waals surface area contributed by atoms with Crippen molar-refractivity contribution in [2.75, 3.05) is 25.4 Å². The van der Waals surface area contributed by atoms with Crippen LogP contribution in [0.2, 0.25) is 0 Å². The Hall–Kier alpha value is -1.69. The molecule has 1 aromatic rings. The highest BCUT2D eigenvalue weighted by atomic mass is 16.1. The third-order valence-corrected chi connectivity index (χ3v) is 3.35. The fourth-order valence-corrected chi connectivity index (χ4v) is 2.36. The molecular formula is C12H19N5O. The molecule has 0 unspecified atom stereocenters. The Kier molecular flexibility index (Phi) is 4.09. The summed E-state index contributed by atoms with van der Waals surface area (Å²) in [5.74, 6) is -0.0719. The Morgan fingerprint density at radius 2 is 2.33 bits per heavy atom. The lowest BCUT2D eigenvalue weighted by molar-refractivity contribution is 0.0937. The van der Waals surface area contributed by atoms with Gasteiger partial charge in [0.1, 0.15) is 0 Å². The fraction of sp³-hybridized carbons (Fsp3) is 0.583. The van der Waals surface area contributed by atoms with Crippen molar-refractivity contribution in [1.82, 2.24) is 20.2 Å². The Balaban J connectivity index is 1.91. The van der Waals surface area contributed by atoms with Crippen LogP contribution in [-0.2, 0) is 0 Å². The van der Waals surface area contributed by atoms with Gasteiger partial charge in [-0.3, -0.25) is 9.69 Å². The summed E-state index contributed by atoms with van der Waals surface area (Å²) in [4.78, 5) is 22.1. The highest BCUT2D eigenvalue weighted by Gasteiger charge is 2.23. The van der Waals surface area contributed by atoms with Gasteiger partial charge < -0.3 is 11.1 Å². The molecule has 1 aliphatic heterocycles. The topological polar surface area (TPSA) is 84.1 Å². The minimum absolute atomic E-state index is 0.175. The number of hydrogen-bond donors (Lipinski definition) is 2. The molecule has 0 aliphatic carbocycles. The number of nitrogen functional groups attached to an aromatic ring is 1. The molecule has 98 valence electrons. The third kappa shape index (κ3) is 2.76. The summed E-state index contributed by atoms with van der Waals surface area (Å²) in [6.45, 7) is 4.92. The first-order valence-electron chi connectivity index (χ1n) is 6.31. The van der Waals surface area contributed by atoms with Crippen molar-refractivity contribution >= 4 is 11.7 Å². The summed E-state index contributed by atoms with van der Waals surface area (Å²) in [6.07, 6.45) is 5.27. The Morgan fingerprint density at radius 1 is 1.56 bits per heavy atom. The van der Waals surface area contributed by atoms with E-state index in [1.165, 1.54) is 18.8 Å². The number of rotatable bonds is 4. The summed E-state index contributed by atoms with van der Waals surface area (Å²) in [7, 11) is 0. The number of carbonyl (C=O) groups is 1.